The maximum Gasteiger partial charge on any atom is 0.274 e. The van der Waals surface area contributed by atoms with Crippen molar-refractivity contribution in [2.45, 2.75) is 24.8 Å². The number of hydrogen-bond donors (Lipinski definition) is 0. The smallest absolute Gasteiger partial charge is 0.274 e. The Morgan fingerprint density at radius 1 is 1.35 bits per heavy atom. The van der Waals surface area contributed by atoms with Gasteiger partial charge in [0.2, 0.25) is 0 Å². The second kappa shape index (κ2) is 4.89. The third-order valence-electron chi connectivity index (χ3n) is 1.73. The highest BCUT2D eigenvalue weighted by Crippen LogP contribution is 2.28. The Labute approximate surface area is 103 Å². The Morgan fingerprint density at radius 2 is 1.94 bits per heavy atom. The van der Waals surface area contributed by atoms with E-state index in [1.165, 1.54) is 0 Å². The molecule has 0 N–H and O–H groups in total. The molecule has 0 spiro atoms. The summed E-state index contributed by atoms with van der Waals surface area (Å²) in [6, 6.07) is 3.18. The average molecular weight is 280 g/mol. The Kier molecular flexibility index (Phi) is 3.94. The number of ether oxygens (including phenoxy) is 1. The van der Waals surface area contributed by atoms with Crippen molar-refractivity contribution in [3.63, 3.8) is 0 Å². The van der Waals surface area contributed by atoms with Crippen LogP contribution >= 0.6 is 10.7 Å². The Bertz CT molecular complexity index is 540. The largest absolute Gasteiger partial charge is 0.491 e. The molecule has 0 unspecified atom stereocenters. The maximum absolute atomic E-state index is 11.1. The fourth-order valence-corrected chi connectivity index (χ4v) is 1.93. The van der Waals surface area contributed by atoms with Crippen LogP contribution in [0.25, 0.3) is 0 Å². The first-order valence-electron chi connectivity index (χ1n) is 4.61. The number of hydrogen-bond acceptors (Lipinski definition) is 5. The van der Waals surface area contributed by atoms with Gasteiger partial charge in [0.25, 0.3) is 14.7 Å². The lowest BCUT2D eigenvalue weighted by molar-refractivity contribution is -0.385. The molecule has 0 radical (unpaired) electrons. The second-order valence-electron chi connectivity index (χ2n) is 3.52. The number of nitro groups is 1. The highest BCUT2D eigenvalue weighted by Gasteiger charge is 2.18. The summed E-state index contributed by atoms with van der Waals surface area (Å²) in [6.45, 7) is 3.43. The Hall–Kier alpha value is -1.34. The first-order valence-corrected chi connectivity index (χ1v) is 6.92. The molecule has 0 saturated carbocycles. The van der Waals surface area contributed by atoms with E-state index in [9.17, 15) is 18.5 Å². The molecule has 1 aromatic carbocycles. The van der Waals surface area contributed by atoms with Gasteiger partial charge in [0.05, 0.1) is 22.0 Å². The van der Waals surface area contributed by atoms with Gasteiger partial charge in [0.1, 0.15) is 5.75 Å². The fourth-order valence-electron chi connectivity index (χ4n) is 1.14. The van der Waals surface area contributed by atoms with Crippen molar-refractivity contribution in [2.24, 2.45) is 0 Å². The molecule has 0 aromatic heterocycles. The van der Waals surface area contributed by atoms with Crippen LogP contribution in [0.15, 0.2) is 23.1 Å². The van der Waals surface area contributed by atoms with Crippen molar-refractivity contribution in [1.29, 1.82) is 0 Å². The zero-order valence-corrected chi connectivity index (χ0v) is 10.7. The molecule has 8 heteroatoms. The first-order chi connectivity index (χ1) is 7.70. The number of nitro benzene ring substituents is 1. The van der Waals surface area contributed by atoms with Gasteiger partial charge in [-0.05, 0) is 13.8 Å². The Balaban J connectivity index is 3.34. The fraction of sp³-hybridized carbons (Fsp3) is 0.333. The van der Waals surface area contributed by atoms with Gasteiger partial charge in [-0.15, -0.1) is 0 Å². The number of nitrogens with zero attached hydrogens (tertiary/aromatic N) is 1. The highest BCUT2D eigenvalue weighted by atomic mass is 35.7. The van der Waals surface area contributed by atoms with Crippen LogP contribution in [0.4, 0.5) is 5.69 Å². The zero-order chi connectivity index (χ0) is 13.2. The summed E-state index contributed by atoms with van der Waals surface area (Å²) in [5.74, 6) is 0.0911. The summed E-state index contributed by atoms with van der Waals surface area (Å²) in [4.78, 5) is 9.56. The van der Waals surface area contributed by atoms with Gasteiger partial charge in [0.15, 0.2) is 0 Å². The number of halogens is 1. The topological polar surface area (TPSA) is 86.5 Å². The zero-order valence-electron chi connectivity index (χ0n) is 9.08. The summed E-state index contributed by atoms with van der Waals surface area (Å²) < 4.78 is 27.5. The lowest BCUT2D eigenvalue weighted by Gasteiger charge is -2.10. The van der Waals surface area contributed by atoms with Crippen molar-refractivity contribution >= 4 is 25.4 Å². The quantitative estimate of drug-likeness (QED) is 0.479. The maximum atomic E-state index is 11.1. The van der Waals surface area contributed by atoms with Crippen molar-refractivity contribution in [2.75, 3.05) is 0 Å². The van der Waals surface area contributed by atoms with Crippen molar-refractivity contribution in [3.05, 3.63) is 28.3 Å². The van der Waals surface area contributed by atoms with Crippen molar-refractivity contribution in [3.8, 4) is 5.75 Å². The Morgan fingerprint density at radius 3 is 2.35 bits per heavy atom. The normalized spacial score (nSPS) is 11.5. The number of non-ortho nitro benzene ring substituents is 1. The van der Waals surface area contributed by atoms with E-state index in [2.05, 4.69) is 0 Å². The summed E-state index contributed by atoms with van der Waals surface area (Å²) in [5.41, 5.74) is -0.387. The predicted octanol–water partition coefficient (Wildman–Crippen LogP) is 2.31. The van der Waals surface area contributed by atoms with Gasteiger partial charge in [-0.25, -0.2) is 8.42 Å². The molecule has 1 rings (SSSR count). The summed E-state index contributed by atoms with van der Waals surface area (Å²) in [7, 11) is 1.11. The third-order valence-corrected chi connectivity index (χ3v) is 3.06. The molecule has 0 amide bonds. The molecule has 6 nitrogen and oxygen atoms in total. The number of benzene rings is 1. The van der Waals surface area contributed by atoms with Gasteiger partial charge in [-0.3, -0.25) is 10.1 Å². The average Bonchev–Trinajstić information content (AvgIpc) is 2.14. The molecule has 0 aliphatic carbocycles. The van der Waals surface area contributed by atoms with Gasteiger partial charge < -0.3 is 4.74 Å². The molecule has 0 atom stereocenters. The van der Waals surface area contributed by atoms with Crippen LogP contribution in [0, 0.1) is 10.1 Å². The second-order valence-corrected chi connectivity index (χ2v) is 6.09. The lowest BCUT2D eigenvalue weighted by atomic mass is 10.3. The van der Waals surface area contributed by atoms with E-state index in [1.807, 2.05) is 0 Å². The summed E-state index contributed by atoms with van der Waals surface area (Å²) in [5, 5.41) is 10.6. The lowest BCUT2D eigenvalue weighted by Crippen LogP contribution is -2.06. The summed E-state index contributed by atoms with van der Waals surface area (Å²) >= 11 is 0. The van der Waals surface area contributed by atoms with E-state index in [0.29, 0.717) is 0 Å². The highest BCUT2D eigenvalue weighted by molar-refractivity contribution is 8.13. The van der Waals surface area contributed by atoms with Crippen LogP contribution in [0.2, 0.25) is 0 Å². The minimum Gasteiger partial charge on any atom is -0.491 e. The van der Waals surface area contributed by atoms with Crippen LogP contribution in [0.1, 0.15) is 13.8 Å². The molecule has 1 aromatic rings. The molecule has 0 saturated heterocycles. The van der Waals surface area contributed by atoms with E-state index in [1.54, 1.807) is 13.8 Å². The minimum absolute atomic E-state index is 0.0911. The standard InChI is InChI=1S/C9H10ClNO5S/c1-6(2)16-8-3-7(11(12)13)4-9(5-8)17(10,14)15/h3-6H,1-2H3. The van der Waals surface area contributed by atoms with E-state index >= 15 is 0 Å². The molecule has 0 fully saturated rings. The monoisotopic (exact) mass is 279 g/mol. The SMILES string of the molecule is CC(C)Oc1cc([N+](=O)[O-])cc(S(=O)(=O)Cl)c1. The molecular weight excluding hydrogens is 270 g/mol. The minimum atomic E-state index is -4.03. The van der Waals surface area contributed by atoms with E-state index in [-0.39, 0.29) is 22.4 Å². The van der Waals surface area contributed by atoms with Crippen molar-refractivity contribution in [1.82, 2.24) is 0 Å². The molecular formula is C9H10ClNO5S. The van der Waals surface area contributed by atoms with E-state index in [0.717, 1.165) is 18.2 Å². The van der Waals surface area contributed by atoms with Crippen molar-refractivity contribution < 1.29 is 18.1 Å². The van der Waals surface area contributed by atoms with Crippen LogP contribution in [-0.2, 0) is 9.05 Å². The van der Waals surface area contributed by atoms with E-state index in [4.69, 9.17) is 15.4 Å². The molecule has 0 bridgehead atoms. The summed E-state index contributed by atoms with van der Waals surface area (Å²) in [6.07, 6.45) is -0.233. The van der Waals surface area contributed by atoms with E-state index < -0.39 is 14.0 Å². The predicted molar refractivity (Wildman–Crippen MR) is 61.9 cm³/mol. The molecule has 17 heavy (non-hydrogen) atoms. The van der Waals surface area contributed by atoms with Gasteiger partial charge in [-0.1, -0.05) is 0 Å². The van der Waals surface area contributed by atoms with Crippen LogP contribution in [0.3, 0.4) is 0 Å². The molecule has 0 aliphatic heterocycles. The number of rotatable bonds is 4. The third kappa shape index (κ3) is 3.86. The van der Waals surface area contributed by atoms with Gasteiger partial charge in [0, 0.05) is 22.8 Å². The molecule has 0 aliphatic rings. The van der Waals surface area contributed by atoms with Gasteiger partial charge >= 0.3 is 0 Å². The van der Waals surface area contributed by atoms with Crippen LogP contribution in [0.5, 0.6) is 5.75 Å². The molecule has 94 valence electrons. The van der Waals surface area contributed by atoms with Crippen LogP contribution in [-0.4, -0.2) is 19.4 Å². The first kappa shape index (κ1) is 13.7. The van der Waals surface area contributed by atoms with Crippen LogP contribution < -0.4 is 4.74 Å². The van der Waals surface area contributed by atoms with Gasteiger partial charge in [-0.2, -0.15) is 0 Å². The molecule has 0 heterocycles.